The van der Waals surface area contributed by atoms with E-state index in [0.717, 1.165) is 18.2 Å². The summed E-state index contributed by atoms with van der Waals surface area (Å²) in [5.74, 6) is -2.75. The van der Waals surface area contributed by atoms with Gasteiger partial charge in [-0.15, -0.1) is 0 Å². The minimum Gasteiger partial charge on any atom is -0.348 e. The third-order valence-electron chi connectivity index (χ3n) is 2.57. The first-order valence-corrected chi connectivity index (χ1v) is 5.54. The van der Waals surface area contributed by atoms with Crippen LogP contribution in [0.2, 0.25) is 0 Å². The molecule has 0 saturated carbocycles. The molecule has 0 bridgehead atoms. The van der Waals surface area contributed by atoms with Crippen molar-refractivity contribution in [1.29, 1.82) is 0 Å². The molecule has 0 aromatic heterocycles. The summed E-state index contributed by atoms with van der Waals surface area (Å²) >= 11 is 0. The van der Waals surface area contributed by atoms with Crippen molar-refractivity contribution in [2.45, 2.75) is 6.54 Å². The van der Waals surface area contributed by atoms with Crippen molar-refractivity contribution in [2.24, 2.45) is 0 Å². The van der Waals surface area contributed by atoms with E-state index in [1.165, 1.54) is 24.3 Å². The van der Waals surface area contributed by atoms with Gasteiger partial charge in [0.25, 0.3) is 5.91 Å². The summed E-state index contributed by atoms with van der Waals surface area (Å²) < 4.78 is 39.3. The van der Waals surface area contributed by atoms with Crippen LogP contribution in [0.5, 0.6) is 0 Å². The zero-order valence-corrected chi connectivity index (χ0v) is 9.79. The smallest absolute Gasteiger partial charge is 0.254 e. The molecule has 0 atom stereocenters. The van der Waals surface area contributed by atoms with Gasteiger partial charge in [-0.2, -0.15) is 0 Å². The lowest BCUT2D eigenvalue weighted by Gasteiger charge is -2.07. The molecular weight excluding hydrogens is 255 g/mol. The average molecular weight is 265 g/mol. The Morgan fingerprint density at radius 3 is 2.42 bits per heavy atom. The standard InChI is InChI=1S/C14H10F3NO/c15-10-6-5-9(13(17)7-10)8-18-14(19)11-3-1-2-4-12(11)16/h1-7H,8H2,(H,18,19). The maximum absolute atomic E-state index is 13.3. The average Bonchev–Trinajstić information content (AvgIpc) is 2.38. The molecule has 0 saturated heterocycles. The maximum atomic E-state index is 13.3. The van der Waals surface area contributed by atoms with Crippen molar-refractivity contribution in [1.82, 2.24) is 5.32 Å². The highest BCUT2D eigenvalue weighted by atomic mass is 19.1. The first-order valence-electron chi connectivity index (χ1n) is 5.54. The molecule has 2 aromatic carbocycles. The van der Waals surface area contributed by atoms with Crippen LogP contribution in [0, 0.1) is 17.5 Å². The Labute approximate surface area is 107 Å². The third-order valence-corrected chi connectivity index (χ3v) is 2.57. The Balaban J connectivity index is 2.07. The van der Waals surface area contributed by atoms with Crippen molar-refractivity contribution < 1.29 is 18.0 Å². The molecule has 0 aliphatic carbocycles. The molecule has 98 valence electrons. The van der Waals surface area contributed by atoms with E-state index in [1.54, 1.807) is 0 Å². The summed E-state index contributed by atoms with van der Waals surface area (Å²) in [7, 11) is 0. The van der Waals surface area contributed by atoms with Gasteiger partial charge < -0.3 is 5.32 Å². The fraction of sp³-hybridized carbons (Fsp3) is 0.0714. The van der Waals surface area contributed by atoms with Crippen molar-refractivity contribution in [2.75, 3.05) is 0 Å². The summed E-state index contributed by atoms with van der Waals surface area (Å²) in [5, 5.41) is 2.37. The highest BCUT2D eigenvalue weighted by Gasteiger charge is 2.11. The Morgan fingerprint density at radius 2 is 1.74 bits per heavy atom. The quantitative estimate of drug-likeness (QED) is 0.908. The van der Waals surface area contributed by atoms with Crippen molar-refractivity contribution >= 4 is 5.91 Å². The first kappa shape index (κ1) is 13.1. The van der Waals surface area contributed by atoms with Crippen LogP contribution < -0.4 is 5.32 Å². The number of nitrogens with one attached hydrogen (secondary N) is 1. The van der Waals surface area contributed by atoms with E-state index in [4.69, 9.17) is 0 Å². The zero-order valence-electron chi connectivity index (χ0n) is 9.79. The molecule has 0 aliphatic rings. The van der Waals surface area contributed by atoms with Crippen LogP contribution in [-0.4, -0.2) is 5.91 Å². The normalized spacial score (nSPS) is 10.3. The van der Waals surface area contributed by atoms with Gasteiger partial charge in [-0.3, -0.25) is 4.79 Å². The Hall–Kier alpha value is -2.30. The maximum Gasteiger partial charge on any atom is 0.254 e. The predicted octanol–water partition coefficient (Wildman–Crippen LogP) is 3.03. The molecule has 0 fully saturated rings. The van der Waals surface area contributed by atoms with Gasteiger partial charge in [0.15, 0.2) is 0 Å². The van der Waals surface area contributed by atoms with E-state index in [0.29, 0.717) is 0 Å². The third kappa shape index (κ3) is 3.13. The van der Waals surface area contributed by atoms with Crippen LogP contribution in [0.3, 0.4) is 0 Å². The van der Waals surface area contributed by atoms with Gasteiger partial charge in [0.2, 0.25) is 0 Å². The van der Waals surface area contributed by atoms with Gasteiger partial charge in [0.05, 0.1) is 5.56 Å². The minimum atomic E-state index is -0.756. The van der Waals surface area contributed by atoms with Crippen LogP contribution in [-0.2, 0) is 6.54 Å². The van der Waals surface area contributed by atoms with Crippen LogP contribution in [0.1, 0.15) is 15.9 Å². The Bertz CT molecular complexity index is 613. The highest BCUT2D eigenvalue weighted by molar-refractivity contribution is 5.94. The molecule has 5 heteroatoms. The molecule has 0 radical (unpaired) electrons. The molecule has 2 nitrogen and oxygen atoms in total. The topological polar surface area (TPSA) is 29.1 Å². The molecule has 2 rings (SSSR count). The summed E-state index contributed by atoms with van der Waals surface area (Å²) in [6, 6.07) is 8.52. The van der Waals surface area contributed by atoms with Crippen LogP contribution >= 0.6 is 0 Å². The fourth-order valence-electron chi connectivity index (χ4n) is 1.58. The number of rotatable bonds is 3. The van der Waals surface area contributed by atoms with Crippen LogP contribution in [0.25, 0.3) is 0 Å². The van der Waals surface area contributed by atoms with Gasteiger partial charge in [-0.05, 0) is 18.2 Å². The lowest BCUT2D eigenvalue weighted by Crippen LogP contribution is -2.24. The molecule has 2 aromatic rings. The molecular formula is C14H10F3NO. The fourth-order valence-corrected chi connectivity index (χ4v) is 1.58. The number of hydrogen-bond acceptors (Lipinski definition) is 1. The number of halogens is 3. The van der Waals surface area contributed by atoms with Crippen LogP contribution in [0.15, 0.2) is 42.5 Å². The van der Waals surface area contributed by atoms with E-state index < -0.39 is 23.4 Å². The molecule has 0 heterocycles. The Kier molecular flexibility index (Phi) is 3.85. The molecule has 0 unspecified atom stereocenters. The number of benzene rings is 2. The highest BCUT2D eigenvalue weighted by Crippen LogP contribution is 2.10. The van der Waals surface area contributed by atoms with Gasteiger partial charge in [0.1, 0.15) is 17.5 Å². The van der Waals surface area contributed by atoms with E-state index in [9.17, 15) is 18.0 Å². The molecule has 0 spiro atoms. The summed E-state index contributed by atoms with van der Waals surface area (Å²) in [6.07, 6.45) is 0. The van der Waals surface area contributed by atoms with E-state index in [1.807, 2.05) is 0 Å². The van der Waals surface area contributed by atoms with E-state index in [2.05, 4.69) is 5.32 Å². The molecule has 1 N–H and O–H groups in total. The summed E-state index contributed by atoms with van der Waals surface area (Å²) in [6.45, 7) is -0.140. The van der Waals surface area contributed by atoms with Gasteiger partial charge in [-0.25, -0.2) is 13.2 Å². The number of carbonyl (C=O) groups excluding carboxylic acids is 1. The first-order chi connectivity index (χ1) is 9.08. The SMILES string of the molecule is O=C(NCc1ccc(F)cc1F)c1ccccc1F. The Morgan fingerprint density at radius 1 is 1.00 bits per heavy atom. The van der Waals surface area contributed by atoms with Crippen molar-refractivity contribution in [3.63, 3.8) is 0 Å². The minimum absolute atomic E-state index is 0.120. The lowest BCUT2D eigenvalue weighted by molar-refractivity contribution is 0.0946. The second-order valence-corrected chi connectivity index (χ2v) is 3.90. The lowest BCUT2D eigenvalue weighted by atomic mass is 10.1. The molecule has 19 heavy (non-hydrogen) atoms. The summed E-state index contributed by atoms with van der Waals surface area (Å²) in [5.41, 5.74) is 0.0103. The second kappa shape index (κ2) is 5.56. The van der Waals surface area contributed by atoms with Crippen molar-refractivity contribution in [3.8, 4) is 0 Å². The monoisotopic (exact) mass is 265 g/mol. The zero-order chi connectivity index (χ0) is 13.8. The number of amides is 1. The van der Waals surface area contributed by atoms with Gasteiger partial charge in [0, 0.05) is 18.2 Å². The number of hydrogen-bond donors (Lipinski definition) is 1. The predicted molar refractivity (Wildman–Crippen MR) is 63.9 cm³/mol. The largest absolute Gasteiger partial charge is 0.348 e. The molecule has 1 amide bonds. The van der Waals surface area contributed by atoms with Crippen LogP contribution in [0.4, 0.5) is 13.2 Å². The summed E-state index contributed by atoms with van der Waals surface area (Å²) in [4.78, 5) is 11.7. The van der Waals surface area contributed by atoms with Gasteiger partial charge >= 0.3 is 0 Å². The second-order valence-electron chi connectivity index (χ2n) is 3.90. The van der Waals surface area contributed by atoms with Gasteiger partial charge in [-0.1, -0.05) is 18.2 Å². The molecule has 0 aliphatic heterocycles. The number of carbonyl (C=O) groups is 1. The van der Waals surface area contributed by atoms with Crippen molar-refractivity contribution in [3.05, 3.63) is 71.0 Å². The van der Waals surface area contributed by atoms with E-state index in [-0.39, 0.29) is 17.7 Å². The van der Waals surface area contributed by atoms with E-state index >= 15 is 0 Å².